The largest absolute Gasteiger partial charge is 0.497 e. The van der Waals surface area contributed by atoms with Gasteiger partial charge < -0.3 is 14.8 Å². The van der Waals surface area contributed by atoms with Crippen molar-refractivity contribution >= 4 is 23.2 Å². The number of hydrogen-bond donors (Lipinski definition) is 1. The molecule has 8 heteroatoms. The van der Waals surface area contributed by atoms with Crippen LogP contribution in [-0.2, 0) is 0 Å². The second-order valence-corrected chi connectivity index (χ2v) is 5.11. The molecule has 0 aromatic heterocycles. The van der Waals surface area contributed by atoms with Gasteiger partial charge in [-0.2, -0.15) is 0 Å². The zero-order valence-corrected chi connectivity index (χ0v) is 13.6. The number of nitro groups is 1. The Morgan fingerprint density at radius 2 is 1.88 bits per heavy atom. The molecule has 0 radical (unpaired) electrons. The van der Waals surface area contributed by atoms with Crippen molar-refractivity contribution in [2.45, 2.75) is 0 Å². The number of nitrogens with zero attached hydrogens (tertiary/aromatic N) is 1. The molecule has 0 atom stereocenters. The molecule has 0 saturated carbocycles. The van der Waals surface area contributed by atoms with Crippen LogP contribution in [0.2, 0.25) is 5.02 Å². The first-order valence-electron chi connectivity index (χ1n) is 7.00. The molecule has 2 aromatic carbocycles. The smallest absolute Gasteiger partial charge is 0.270 e. The molecule has 0 aliphatic rings. The molecule has 7 nitrogen and oxygen atoms in total. The van der Waals surface area contributed by atoms with E-state index in [1.54, 1.807) is 31.4 Å². The highest BCUT2D eigenvalue weighted by Gasteiger charge is 2.15. The molecule has 0 saturated heterocycles. The Morgan fingerprint density at radius 3 is 2.50 bits per heavy atom. The first-order chi connectivity index (χ1) is 11.5. The minimum absolute atomic E-state index is 0.0512. The topological polar surface area (TPSA) is 90.7 Å². The van der Waals surface area contributed by atoms with Gasteiger partial charge >= 0.3 is 0 Å². The van der Waals surface area contributed by atoms with Crippen molar-refractivity contribution in [2.75, 3.05) is 20.3 Å². The van der Waals surface area contributed by atoms with Crippen molar-refractivity contribution in [3.8, 4) is 11.5 Å². The minimum Gasteiger partial charge on any atom is -0.497 e. The number of ether oxygens (including phenoxy) is 2. The molecule has 0 heterocycles. The minimum atomic E-state index is -0.583. The van der Waals surface area contributed by atoms with Crippen molar-refractivity contribution in [1.29, 1.82) is 0 Å². The van der Waals surface area contributed by atoms with Crippen LogP contribution in [-0.4, -0.2) is 31.1 Å². The van der Waals surface area contributed by atoms with Crippen LogP contribution in [0.15, 0.2) is 42.5 Å². The first kappa shape index (κ1) is 17.6. The third-order valence-electron chi connectivity index (χ3n) is 3.12. The maximum absolute atomic E-state index is 12.0. The lowest BCUT2D eigenvalue weighted by atomic mass is 10.2. The molecule has 1 N–H and O–H groups in total. The van der Waals surface area contributed by atoms with Crippen molar-refractivity contribution in [2.24, 2.45) is 0 Å². The van der Waals surface area contributed by atoms with Crippen molar-refractivity contribution < 1.29 is 19.2 Å². The number of non-ortho nitro benzene ring substituents is 1. The molecule has 0 bridgehead atoms. The molecule has 2 aromatic rings. The average Bonchev–Trinajstić information content (AvgIpc) is 2.59. The predicted molar refractivity (Wildman–Crippen MR) is 88.9 cm³/mol. The van der Waals surface area contributed by atoms with E-state index in [1.807, 2.05) is 0 Å². The van der Waals surface area contributed by atoms with Gasteiger partial charge in [-0.25, -0.2) is 0 Å². The number of halogens is 1. The Morgan fingerprint density at radius 1 is 1.21 bits per heavy atom. The van der Waals surface area contributed by atoms with Crippen molar-refractivity contribution in [3.63, 3.8) is 0 Å². The van der Waals surface area contributed by atoms with E-state index in [9.17, 15) is 14.9 Å². The number of amides is 1. The van der Waals surface area contributed by atoms with Gasteiger partial charge in [-0.3, -0.25) is 14.9 Å². The van der Waals surface area contributed by atoms with E-state index in [1.165, 1.54) is 12.1 Å². The molecule has 126 valence electrons. The Labute approximate surface area is 143 Å². The molecule has 1 amide bonds. The Kier molecular flexibility index (Phi) is 5.97. The van der Waals surface area contributed by atoms with E-state index >= 15 is 0 Å². The van der Waals surface area contributed by atoms with E-state index in [4.69, 9.17) is 21.1 Å². The van der Waals surface area contributed by atoms with Gasteiger partial charge in [-0.1, -0.05) is 11.6 Å². The molecule has 0 unspecified atom stereocenters. The fourth-order valence-electron chi connectivity index (χ4n) is 1.90. The molecule has 0 aliphatic carbocycles. The highest BCUT2D eigenvalue weighted by atomic mass is 35.5. The number of hydrogen-bond acceptors (Lipinski definition) is 5. The van der Waals surface area contributed by atoms with Gasteiger partial charge in [0.1, 0.15) is 18.1 Å². The molecule has 0 fully saturated rings. The van der Waals surface area contributed by atoms with Gasteiger partial charge in [-0.05, 0) is 30.3 Å². The first-order valence-corrected chi connectivity index (χ1v) is 7.38. The molecule has 0 spiro atoms. The molecule has 2 rings (SSSR count). The fourth-order valence-corrected chi connectivity index (χ4v) is 2.10. The normalized spacial score (nSPS) is 10.1. The lowest BCUT2D eigenvalue weighted by Gasteiger charge is -2.09. The highest BCUT2D eigenvalue weighted by Crippen LogP contribution is 2.22. The summed E-state index contributed by atoms with van der Waals surface area (Å²) in [6, 6.07) is 10.7. The van der Waals surface area contributed by atoms with Crippen LogP contribution >= 0.6 is 11.6 Å². The number of carbonyl (C=O) groups excluding carboxylic acids is 1. The second kappa shape index (κ2) is 8.16. The van der Waals surface area contributed by atoms with Gasteiger partial charge in [0.05, 0.1) is 29.2 Å². The van der Waals surface area contributed by atoms with Crippen LogP contribution in [0.1, 0.15) is 10.4 Å². The third-order valence-corrected chi connectivity index (χ3v) is 3.45. The maximum atomic E-state index is 12.0. The Balaban J connectivity index is 1.86. The van der Waals surface area contributed by atoms with Crippen LogP contribution in [0.4, 0.5) is 5.69 Å². The summed E-state index contributed by atoms with van der Waals surface area (Å²) in [7, 11) is 1.57. The lowest BCUT2D eigenvalue weighted by molar-refractivity contribution is -0.384. The summed E-state index contributed by atoms with van der Waals surface area (Å²) in [5, 5.41) is 13.5. The molecular formula is C16H15ClN2O5. The van der Waals surface area contributed by atoms with E-state index in [-0.39, 0.29) is 29.4 Å². The summed E-state index contributed by atoms with van der Waals surface area (Å²) >= 11 is 5.91. The van der Waals surface area contributed by atoms with Crippen LogP contribution in [0.25, 0.3) is 0 Å². The van der Waals surface area contributed by atoms with Crippen molar-refractivity contribution in [1.82, 2.24) is 5.32 Å². The van der Waals surface area contributed by atoms with Gasteiger partial charge in [0.15, 0.2) is 0 Å². The summed E-state index contributed by atoms with van der Waals surface area (Å²) in [4.78, 5) is 22.2. The van der Waals surface area contributed by atoms with Gasteiger partial charge in [-0.15, -0.1) is 0 Å². The number of carbonyl (C=O) groups is 1. The number of nitro benzene ring substituents is 1. The molecular weight excluding hydrogens is 336 g/mol. The second-order valence-electron chi connectivity index (χ2n) is 4.70. The molecule has 24 heavy (non-hydrogen) atoms. The lowest BCUT2D eigenvalue weighted by Crippen LogP contribution is -2.28. The third kappa shape index (κ3) is 4.60. The fraction of sp³-hybridized carbons (Fsp3) is 0.188. The van der Waals surface area contributed by atoms with Crippen molar-refractivity contribution in [3.05, 3.63) is 63.2 Å². The summed E-state index contributed by atoms with van der Waals surface area (Å²) in [6.45, 7) is 0.467. The van der Waals surface area contributed by atoms with E-state index in [0.29, 0.717) is 5.75 Å². The van der Waals surface area contributed by atoms with Crippen LogP contribution in [0.3, 0.4) is 0 Å². The standard InChI is InChI=1S/C16H15ClN2O5/c1-23-12-3-5-13(6-4-12)24-9-8-18-16(20)14-10-11(19(21)22)2-7-15(14)17/h2-7,10H,8-9H2,1H3,(H,18,20). The van der Waals surface area contributed by atoms with Crippen LogP contribution < -0.4 is 14.8 Å². The highest BCUT2D eigenvalue weighted by molar-refractivity contribution is 6.33. The van der Waals surface area contributed by atoms with E-state index in [2.05, 4.69) is 5.32 Å². The predicted octanol–water partition coefficient (Wildman–Crippen LogP) is 3.07. The van der Waals surface area contributed by atoms with Gasteiger partial charge in [0.25, 0.3) is 11.6 Å². The van der Waals surface area contributed by atoms with E-state index < -0.39 is 10.8 Å². The summed E-state index contributed by atoms with van der Waals surface area (Å²) in [6.07, 6.45) is 0. The van der Waals surface area contributed by atoms with Gasteiger partial charge in [0, 0.05) is 12.1 Å². The summed E-state index contributed by atoms with van der Waals surface area (Å²) in [5.41, 5.74) is -0.144. The number of nitrogens with one attached hydrogen (secondary N) is 1. The van der Waals surface area contributed by atoms with Gasteiger partial charge in [0.2, 0.25) is 0 Å². The average molecular weight is 351 g/mol. The number of benzene rings is 2. The molecule has 0 aliphatic heterocycles. The zero-order valence-electron chi connectivity index (χ0n) is 12.8. The zero-order chi connectivity index (χ0) is 17.5. The number of rotatable bonds is 7. The van der Waals surface area contributed by atoms with Crippen LogP contribution in [0, 0.1) is 10.1 Å². The Bertz CT molecular complexity index is 734. The quantitative estimate of drug-likeness (QED) is 0.471. The summed E-state index contributed by atoms with van der Waals surface area (Å²) in [5.74, 6) is 0.858. The monoisotopic (exact) mass is 350 g/mol. The summed E-state index contributed by atoms with van der Waals surface area (Å²) < 4.78 is 10.5. The Hall–Kier alpha value is -2.80. The SMILES string of the molecule is COc1ccc(OCCNC(=O)c2cc([N+](=O)[O-])ccc2Cl)cc1. The number of methoxy groups -OCH3 is 1. The van der Waals surface area contributed by atoms with Crippen LogP contribution in [0.5, 0.6) is 11.5 Å². The maximum Gasteiger partial charge on any atom is 0.270 e. The van der Waals surface area contributed by atoms with E-state index in [0.717, 1.165) is 11.8 Å².